The summed E-state index contributed by atoms with van der Waals surface area (Å²) in [6, 6.07) is 19.0. The first kappa shape index (κ1) is 35.3. The predicted molar refractivity (Wildman–Crippen MR) is 161 cm³/mol. The van der Waals surface area contributed by atoms with Crippen LogP contribution in [-0.4, -0.2) is 0 Å². The van der Waals surface area contributed by atoms with E-state index in [-0.39, 0.29) is 40.0 Å². The summed E-state index contributed by atoms with van der Waals surface area (Å²) in [5.74, 6) is 0. The molecule has 49 heavy (non-hydrogen) atoms. The van der Waals surface area contributed by atoms with Gasteiger partial charge in [-0.1, -0.05) is 48.5 Å². The van der Waals surface area contributed by atoms with Crippen molar-refractivity contribution < 1.29 is 52.7 Å². The number of allylic oxidation sites excluding steroid dienone is 1. The van der Waals surface area contributed by atoms with Gasteiger partial charge in [0, 0.05) is 9.75 Å². The van der Waals surface area contributed by atoms with Crippen LogP contribution in [0.3, 0.4) is 0 Å². The number of benzene rings is 4. The van der Waals surface area contributed by atoms with E-state index in [4.69, 9.17) is 0 Å². The number of hydrogen-bond acceptors (Lipinski definition) is 2. The molecule has 5 aromatic rings. The van der Waals surface area contributed by atoms with Gasteiger partial charge < -0.3 is 0 Å². The Balaban J connectivity index is 1.39. The van der Waals surface area contributed by atoms with E-state index >= 15 is 0 Å². The van der Waals surface area contributed by atoms with Gasteiger partial charge in [0.1, 0.15) is 0 Å². The van der Waals surface area contributed by atoms with Gasteiger partial charge in [0.05, 0.1) is 33.9 Å². The van der Waals surface area contributed by atoms with Crippen molar-refractivity contribution in [1.82, 2.24) is 0 Å². The molecule has 1 nitrogen and oxygen atoms in total. The Kier molecular flexibility index (Phi) is 9.20. The Morgan fingerprint density at radius 1 is 0.469 bits per heavy atom. The van der Waals surface area contributed by atoms with Gasteiger partial charge in [-0.3, -0.25) is 0 Å². The minimum atomic E-state index is -5.02. The average molecular weight is 712 g/mol. The summed E-state index contributed by atoms with van der Waals surface area (Å²) >= 11 is 1.21. The number of alkyl halides is 12. The fourth-order valence-corrected chi connectivity index (χ4v) is 5.78. The van der Waals surface area contributed by atoms with Crippen LogP contribution in [0.5, 0.6) is 0 Å². The summed E-state index contributed by atoms with van der Waals surface area (Å²) < 4.78 is 159. The molecule has 0 radical (unpaired) electrons. The zero-order chi connectivity index (χ0) is 35.9. The molecule has 1 heterocycles. The number of nitriles is 1. The smallest absolute Gasteiger partial charge is 0.192 e. The Morgan fingerprint density at radius 2 is 0.837 bits per heavy atom. The maximum atomic E-state index is 13.3. The summed E-state index contributed by atoms with van der Waals surface area (Å²) in [7, 11) is 0. The number of rotatable bonds is 5. The van der Waals surface area contributed by atoms with Gasteiger partial charge in [-0.2, -0.15) is 57.9 Å². The minimum Gasteiger partial charge on any atom is -0.192 e. The molecule has 5 rings (SSSR count). The Labute approximate surface area is 274 Å². The summed E-state index contributed by atoms with van der Waals surface area (Å²) in [6.45, 7) is 0. The van der Waals surface area contributed by atoms with Crippen molar-refractivity contribution in [1.29, 1.82) is 5.26 Å². The lowest BCUT2D eigenvalue weighted by Crippen LogP contribution is -2.11. The fourth-order valence-electron chi connectivity index (χ4n) is 4.82. The van der Waals surface area contributed by atoms with Gasteiger partial charge in [-0.25, -0.2) is 0 Å². The number of halogens is 12. The zero-order valence-corrected chi connectivity index (χ0v) is 25.0. The van der Waals surface area contributed by atoms with Gasteiger partial charge in [-0.05, 0) is 88.0 Å². The largest absolute Gasteiger partial charge is 0.416 e. The molecular weight excluding hydrogens is 694 g/mol. The monoisotopic (exact) mass is 711 g/mol. The van der Waals surface area contributed by atoms with Crippen LogP contribution in [0.25, 0.3) is 44.3 Å². The second-order valence-corrected chi connectivity index (χ2v) is 11.7. The van der Waals surface area contributed by atoms with Crippen molar-refractivity contribution in [3.63, 3.8) is 0 Å². The summed E-state index contributed by atoms with van der Waals surface area (Å²) in [5.41, 5.74) is -5.20. The van der Waals surface area contributed by atoms with E-state index < -0.39 is 47.0 Å². The molecule has 0 fully saturated rings. The zero-order valence-electron chi connectivity index (χ0n) is 24.2. The van der Waals surface area contributed by atoms with E-state index in [0.29, 0.717) is 45.1 Å². The summed E-state index contributed by atoms with van der Waals surface area (Å²) in [5, 5.41) is 9.78. The number of nitrogens with zero attached hydrogens (tertiary/aromatic N) is 1. The van der Waals surface area contributed by atoms with Crippen molar-refractivity contribution in [3.05, 3.63) is 130 Å². The molecule has 0 unspecified atom stereocenters. The molecule has 252 valence electrons. The van der Waals surface area contributed by atoms with Crippen molar-refractivity contribution in [2.24, 2.45) is 0 Å². The van der Waals surface area contributed by atoms with E-state index in [1.165, 1.54) is 65.9 Å². The van der Waals surface area contributed by atoms with Gasteiger partial charge in [0.15, 0.2) is 0 Å². The lowest BCUT2D eigenvalue weighted by atomic mass is 9.97. The number of hydrogen-bond donors (Lipinski definition) is 0. The van der Waals surface area contributed by atoms with Crippen molar-refractivity contribution in [2.45, 2.75) is 24.7 Å². The predicted octanol–water partition coefficient (Wildman–Crippen LogP) is 12.9. The first-order chi connectivity index (χ1) is 22.7. The topological polar surface area (TPSA) is 23.8 Å². The van der Waals surface area contributed by atoms with Gasteiger partial charge in [0.25, 0.3) is 0 Å². The first-order valence-corrected chi connectivity index (χ1v) is 14.6. The molecule has 0 saturated heterocycles. The minimum absolute atomic E-state index is 0.0292. The summed E-state index contributed by atoms with van der Waals surface area (Å²) in [4.78, 5) is 1.22. The van der Waals surface area contributed by atoms with Crippen LogP contribution in [0.2, 0.25) is 0 Å². The Bertz CT molecular complexity index is 1990. The molecule has 14 heteroatoms. The maximum absolute atomic E-state index is 13.3. The van der Waals surface area contributed by atoms with Crippen LogP contribution in [0.15, 0.2) is 97.1 Å². The van der Waals surface area contributed by atoms with E-state index in [2.05, 4.69) is 0 Å². The molecule has 0 saturated carbocycles. The second kappa shape index (κ2) is 12.8. The number of thiophene rings is 1. The van der Waals surface area contributed by atoms with E-state index in [9.17, 15) is 57.9 Å². The molecule has 0 bridgehead atoms. The Hall–Kier alpha value is -5.03. The van der Waals surface area contributed by atoms with Gasteiger partial charge >= 0.3 is 24.7 Å². The van der Waals surface area contributed by atoms with E-state index in [1.54, 1.807) is 12.1 Å². The molecule has 4 aromatic carbocycles. The lowest BCUT2D eigenvalue weighted by molar-refractivity contribution is -0.144. The molecule has 0 aliphatic heterocycles. The Morgan fingerprint density at radius 3 is 1.20 bits per heavy atom. The van der Waals surface area contributed by atoms with Crippen LogP contribution < -0.4 is 0 Å². The third-order valence-electron chi connectivity index (χ3n) is 7.24. The molecule has 0 N–H and O–H groups in total. The highest BCUT2D eigenvalue weighted by Gasteiger charge is 2.38. The molecule has 0 aliphatic rings. The highest BCUT2D eigenvalue weighted by atomic mass is 32.1. The molecular formula is C35H17F12NS. The van der Waals surface area contributed by atoms with Crippen LogP contribution in [-0.2, 0) is 24.7 Å². The maximum Gasteiger partial charge on any atom is 0.416 e. The van der Waals surface area contributed by atoms with Crippen LogP contribution >= 0.6 is 11.3 Å². The quantitative estimate of drug-likeness (QED) is 0.132. The van der Waals surface area contributed by atoms with Gasteiger partial charge in [-0.15, -0.1) is 11.3 Å². The molecule has 0 amide bonds. The van der Waals surface area contributed by atoms with Crippen molar-refractivity contribution >= 4 is 23.0 Å². The molecule has 0 aliphatic carbocycles. The molecule has 0 atom stereocenters. The normalized spacial score (nSPS) is 13.0. The highest BCUT2D eigenvalue weighted by molar-refractivity contribution is 7.16. The van der Waals surface area contributed by atoms with Crippen LogP contribution in [0.4, 0.5) is 52.7 Å². The van der Waals surface area contributed by atoms with E-state index in [1.807, 2.05) is 6.07 Å². The average Bonchev–Trinajstić information content (AvgIpc) is 3.50. The molecule has 1 aromatic heterocycles. The summed E-state index contributed by atoms with van der Waals surface area (Å²) in [6.07, 6.45) is -18.5. The SMILES string of the molecule is N#C/C(=C\c1ccc(-c2ccc(-c3cc(C(F)(F)F)cc(C(F)(F)F)c3)cc2)s1)c1ccc(-c2cc(C(F)(F)F)cc(C(F)(F)F)c2)cc1. The van der Waals surface area contributed by atoms with Gasteiger partial charge in [0.2, 0.25) is 0 Å². The fraction of sp³-hybridized carbons (Fsp3) is 0.114. The first-order valence-electron chi connectivity index (χ1n) is 13.7. The second-order valence-electron chi connectivity index (χ2n) is 10.6. The standard InChI is InChI=1S/C35H17F12NS/c36-32(37,38)26-11-23(12-27(16-26)33(39,40)41)19-1-3-21(4-2-19)25(18-48)15-30-9-10-31(49-30)22-7-5-20(6-8-22)24-13-28(34(42,43)44)17-29(14-24)35(45,46)47/h1-17H/b25-15+. The highest BCUT2D eigenvalue weighted by Crippen LogP contribution is 2.41. The molecule has 0 spiro atoms. The van der Waals surface area contributed by atoms with Crippen molar-refractivity contribution in [2.75, 3.05) is 0 Å². The third-order valence-corrected chi connectivity index (χ3v) is 8.32. The van der Waals surface area contributed by atoms with Crippen molar-refractivity contribution in [3.8, 4) is 38.8 Å². The van der Waals surface area contributed by atoms with E-state index in [0.717, 1.165) is 0 Å². The van der Waals surface area contributed by atoms with Crippen LogP contribution in [0, 0.1) is 11.3 Å². The third kappa shape index (κ3) is 8.17. The van der Waals surface area contributed by atoms with Crippen LogP contribution in [0.1, 0.15) is 32.7 Å². The lowest BCUT2D eigenvalue weighted by Gasteiger charge is -2.14.